The summed E-state index contributed by atoms with van der Waals surface area (Å²) in [4.78, 5) is 35.5. The summed E-state index contributed by atoms with van der Waals surface area (Å²) >= 11 is 11.8. The predicted octanol–water partition coefficient (Wildman–Crippen LogP) is 3.93. The maximum atomic E-state index is 12.0. The highest BCUT2D eigenvalue weighted by Gasteiger charge is 2.14. The molecule has 0 bridgehead atoms. The van der Waals surface area contributed by atoms with Crippen LogP contribution in [0.3, 0.4) is 0 Å². The van der Waals surface area contributed by atoms with E-state index >= 15 is 0 Å². The highest BCUT2D eigenvalue weighted by molar-refractivity contribution is 6.35. The molecule has 0 unspecified atom stereocenters. The predicted molar refractivity (Wildman–Crippen MR) is 103 cm³/mol. The number of Topliss-reactive ketones (excluding diaryl/α,β-unsaturated/α-hetero) is 1. The number of amides is 1. The zero-order valence-corrected chi connectivity index (χ0v) is 16.2. The van der Waals surface area contributed by atoms with E-state index in [1.54, 1.807) is 30.3 Å². The second kappa shape index (κ2) is 9.39. The van der Waals surface area contributed by atoms with Crippen LogP contribution < -0.4 is 10.1 Å². The molecule has 1 amide bonds. The van der Waals surface area contributed by atoms with E-state index in [-0.39, 0.29) is 12.2 Å². The van der Waals surface area contributed by atoms with Crippen LogP contribution >= 0.6 is 23.2 Å². The van der Waals surface area contributed by atoms with Gasteiger partial charge in [-0.25, -0.2) is 0 Å². The average molecular weight is 410 g/mol. The molecule has 0 saturated heterocycles. The van der Waals surface area contributed by atoms with Crippen molar-refractivity contribution < 1.29 is 23.9 Å². The van der Waals surface area contributed by atoms with Crippen molar-refractivity contribution in [2.75, 3.05) is 19.0 Å². The van der Waals surface area contributed by atoms with Crippen molar-refractivity contribution in [1.29, 1.82) is 0 Å². The van der Waals surface area contributed by atoms with Gasteiger partial charge in [-0.15, -0.1) is 0 Å². The summed E-state index contributed by atoms with van der Waals surface area (Å²) in [5.41, 5.74) is 1.27. The first-order valence-electron chi connectivity index (χ1n) is 7.88. The molecule has 0 heterocycles. The van der Waals surface area contributed by atoms with E-state index in [0.29, 0.717) is 32.6 Å². The van der Waals surface area contributed by atoms with Crippen LogP contribution in [0.4, 0.5) is 5.69 Å². The standard InChI is InChI=1S/C19H17Cl2NO5/c1-11(23)12-3-6-17(26-2)13(7-12)8-19(25)27-10-18(24)22-16-9-14(20)4-5-15(16)21/h3-7,9H,8,10H2,1-2H3,(H,22,24). The molecular weight excluding hydrogens is 393 g/mol. The molecule has 1 N–H and O–H groups in total. The lowest BCUT2D eigenvalue weighted by molar-refractivity contribution is -0.146. The number of carbonyl (C=O) groups is 3. The molecule has 2 aromatic carbocycles. The average Bonchev–Trinajstić information content (AvgIpc) is 2.63. The normalized spacial score (nSPS) is 10.2. The molecule has 0 fully saturated rings. The Morgan fingerprint density at radius 3 is 2.48 bits per heavy atom. The van der Waals surface area contributed by atoms with Gasteiger partial charge in [0.25, 0.3) is 5.91 Å². The highest BCUT2D eigenvalue weighted by atomic mass is 35.5. The van der Waals surface area contributed by atoms with Gasteiger partial charge in [-0.1, -0.05) is 23.2 Å². The van der Waals surface area contributed by atoms with Crippen LogP contribution in [0.15, 0.2) is 36.4 Å². The Morgan fingerprint density at radius 2 is 1.81 bits per heavy atom. The molecule has 0 radical (unpaired) electrons. The Labute approximate surface area is 166 Å². The number of ketones is 1. The largest absolute Gasteiger partial charge is 0.496 e. The number of rotatable bonds is 7. The summed E-state index contributed by atoms with van der Waals surface area (Å²) in [6.45, 7) is 0.936. The Kier molecular flexibility index (Phi) is 7.21. The van der Waals surface area contributed by atoms with Crippen LogP contribution in [0.25, 0.3) is 0 Å². The molecular formula is C19H17Cl2NO5. The molecule has 2 rings (SSSR count). The van der Waals surface area contributed by atoms with Gasteiger partial charge in [0.2, 0.25) is 0 Å². The fourth-order valence-corrected chi connectivity index (χ4v) is 2.60. The molecule has 142 valence electrons. The van der Waals surface area contributed by atoms with Gasteiger partial charge in [-0.2, -0.15) is 0 Å². The first-order valence-corrected chi connectivity index (χ1v) is 8.64. The van der Waals surface area contributed by atoms with Crippen molar-refractivity contribution in [1.82, 2.24) is 0 Å². The van der Waals surface area contributed by atoms with E-state index in [9.17, 15) is 14.4 Å². The van der Waals surface area contributed by atoms with Crippen LogP contribution in [-0.4, -0.2) is 31.4 Å². The maximum absolute atomic E-state index is 12.0. The number of anilines is 1. The smallest absolute Gasteiger partial charge is 0.310 e. The van der Waals surface area contributed by atoms with E-state index in [4.69, 9.17) is 32.7 Å². The zero-order valence-electron chi connectivity index (χ0n) is 14.7. The van der Waals surface area contributed by atoms with Crippen molar-refractivity contribution in [3.05, 3.63) is 57.6 Å². The van der Waals surface area contributed by atoms with Crippen LogP contribution in [0.1, 0.15) is 22.8 Å². The van der Waals surface area contributed by atoms with Crippen molar-refractivity contribution in [3.8, 4) is 5.75 Å². The van der Waals surface area contributed by atoms with E-state index in [0.717, 1.165) is 0 Å². The molecule has 27 heavy (non-hydrogen) atoms. The number of hydrogen-bond donors (Lipinski definition) is 1. The Balaban J connectivity index is 1.96. The molecule has 0 spiro atoms. The number of ether oxygens (including phenoxy) is 2. The van der Waals surface area contributed by atoms with Gasteiger partial charge in [0.1, 0.15) is 5.75 Å². The van der Waals surface area contributed by atoms with Crippen LogP contribution in [0, 0.1) is 0 Å². The van der Waals surface area contributed by atoms with Gasteiger partial charge in [0.05, 0.1) is 24.2 Å². The summed E-state index contributed by atoms with van der Waals surface area (Å²) in [6, 6.07) is 9.39. The van der Waals surface area contributed by atoms with Gasteiger partial charge >= 0.3 is 5.97 Å². The molecule has 6 nitrogen and oxygen atoms in total. The molecule has 0 aliphatic rings. The summed E-state index contributed by atoms with van der Waals surface area (Å²) in [6.07, 6.45) is -0.143. The second-order valence-corrected chi connectivity index (χ2v) is 6.44. The second-order valence-electron chi connectivity index (χ2n) is 5.59. The minimum atomic E-state index is -0.638. The number of halogens is 2. The van der Waals surface area contributed by atoms with Crippen LogP contribution in [0.2, 0.25) is 10.0 Å². The topological polar surface area (TPSA) is 81.7 Å². The lowest BCUT2D eigenvalue weighted by Crippen LogP contribution is -2.22. The molecule has 0 aromatic heterocycles. The van der Waals surface area contributed by atoms with Gasteiger partial charge in [0.15, 0.2) is 12.4 Å². The molecule has 0 saturated carbocycles. The zero-order chi connectivity index (χ0) is 20.0. The van der Waals surface area contributed by atoms with E-state index < -0.39 is 18.5 Å². The fourth-order valence-electron chi connectivity index (χ4n) is 2.27. The third-order valence-corrected chi connectivity index (χ3v) is 4.15. The summed E-state index contributed by atoms with van der Waals surface area (Å²) in [7, 11) is 1.46. The van der Waals surface area contributed by atoms with E-state index in [1.165, 1.54) is 20.1 Å². The molecule has 0 aliphatic heterocycles. The summed E-state index contributed by atoms with van der Waals surface area (Å²) < 4.78 is 10.2. The molecule has 0 aliphatic carbocycles. The van der Waals surface area contributed by atoms with Gasteiger partial charge in [-0.3, -0.25) is 14.4 Å². The van der Waals surface area contributed by atoms with Crippen molar-refractivity contribution in [2.24, 2.45) is 0 Å². The van der Waals surface area contributed by atoms with E-state index in [2.05, 4.69) is 5.32 Å². The first kappa shape index (κ1) is 20.7. The van der Waals surface area contributed by atoms with Gasteiger partial charge in [-0.05, 0) is 43.3 Å². The number of carbonyl (C=O) groups excluding carboxylic acids is 3. The number of hydrogen-bond acceptors (Lipinski definition) is 5. The molecule has 2 aromatic rings. The maximum Gasteiger partial charge on any atom is 0.310 e. The minimum absolute atomic E-state index is 0.134. The monoisotopic (exact) mass is 409 g/mol. The fraction of sp³-hybridized carbons (Fsp3) is 0.211. The SMILES string of the molecule is COc1ccc(C(C)=O)cc1CC(=O)OCC(=O)Nc1cc(Cl)ccc1Cl. The lowest BCUT2D eigenvalue weighted by Gasteiger charge is -2.11. The third kappa shape index (κ3) is 5.98. The van der Waals surface area contributed by atoms with E-state index in [1.807, 2.05) is 0 Å². The van der Waals surface area contributed by atoms with Crippen molar-refractivity contribution >= 4 is 46.5 Å². The minimum Gasteiger partial charge on any atom is -0.496 e. The third-order valence-electron chi connectivity index (χ3n) is 3.59. The number of benzene rings is 2. The lowest BCUT2D eigenvalue weighted by atomic mass is 10.0. The molecule has 8 heteroatoms. The summed E-state index contributed by atoms with van der Waals surface area (Å²) in [5, 5.41) is 3.23. The first-order chi connectivity index (χ1) is 12.8. The summed E-state index contributed by atoms with van der Waals surface area (Å²) in [5.74, 6) is -0.879. The van der Waals surface area contributed by atoms with Gasteiger partial charge in [0, 0.05) is 16.1 Å². The quantitative estimate of drug-likeness (QED) is 0.553. The Morgan fingerprint density at radius 1 is 1.07 bits per heavy atom. The van der Waals surface area contributed by atoms with Crippen molar-refractivity contribution in [2.45, 2.75) is 13.3 Å². The van der Waals surface area contributed by atoms with Crippen molar-refractivity contribution in [3.63, 3.8) is 0 Å². The number of esters is 1. The van der Waals surface area contributed by atoms with Crippen LogP contribution in [-0.2, 0) is 20.7 Å². The number of nitrogens with one attached hydrogen (secondary N) is 1. The van der Waals surface area contributed by atoms with Crippen LogP contribution in [0.5, 0.6) is 5.75 Å². The highest BCUT2D eigenvalue weighted by Crippen LogP contribution is 2.25. The Hall–Kier alpha value is -2.57. The van der Waals surface area contributed by atoms with Gasteiger partial charge < -0.3 is 14.8 Å². The molecule has 0 atom stereocenters. The number of methoxy groups -OCH3 is 1. The Bertz CT molecular complexity index is 882.